The Morgan fingerprint density at radius 2 is 2.06 bits per heavy atom. The van der Waals surface area contributed by atoms with Crippen molar-refractivity contribution in [3.63, 3.8) is 0 Å². The Kier molecular flexibility index (Phi) is 3.40. The largest absolute Gasteiger partial charge is 0.497 e. The molecule has 0 aliphatic heterocycles. The van der Waals surface area contributed by atoms with E-state index >= 15 is 0 Å². The number of aryl methyl sites for hydroxylation is 1. The van der Waals surface area contributed by atoms with Crippen LogP contribution in [0, 0.1) is 6.92 Å². The minimum absolute atomic E-state index is 0.0134. The van der Waals surface area contributed by atoms with Gasteiger partial charge in [0.25, 0.3) is 0 Å². The summed E-state index contributed by atoms with van der Waals surface area (Å²) in [6.07, 6.45) is 3.61. The van der Waals surface area contributed by atoms with E-state index in [4.69, 9.17) is 4.74 Å². The van der Waals surface area contributed by atoms with Crippen molar-refractivity contribution in [1.82, 2.24) is 4.98 Å². The van der Waals surface area contributed by atoms with Crippen LogP contribution in [0.3, 0.4) is 0 Å². The molecule has 1 aromatic carbocycles. The van der Waals surface area contributed by atoms with Crippen LogP contribution in [0.1, 0.15) is 11.1 Å². The molecule has 88 valence electrons. The SMILES string of the molecule is COc1ccc(-c2cncc(C)c2)c(CO)c1. The zero-order valence-electron chi connectivity index (χ0n) is 9.97. The average molecular weight is 229 g/mol. The molecule has 1 heterocycles. The van der Waals surface area contributed by atoms with Gasteiger partial charge in [0.2, 0.25) is 0 Å². The highest BCUT2D eigenvalue weighted by molar-refractivity contribution is 5.68. The van der Waals surface area contributed by atoms with Crippen LogP contribution in [0.15, 0.2) is 36.7 Å². The van der Waals surface area contributed by atoms with Crippen LogP contribution in [0.2, 0.25) is 0 Å². The number of methoxy groups -OCH3 is 1. The highest BCUT2D eigenvalue weighted by Gasteiger charge is 2.06. The summed E-state index contributed by atoms with van der Waals surface area (Å²) in [4.78, 5) is 4.17. The monoisotopic (exact) mass is 229 g/mol. The van der Waals surface area contributed by atoms with Gasteiger partial charge in [0.1, 0.15) is 5.75 Å². The van der Waals surface area contributed by atoms with Crippen molar-refractivity contribution in [3.8, 4) is 16.9 Å². The quantitative estimate of drug-likeness (QED) is 0.879. The highest BCUT2D eigenvalue weighted by atomic mass is 16.5. The number of rotatable bonds is 3. The average Bonchev–Trinajstić information content (AvgIpc) is 2.38. The van der Waals surface area contributed by atoms with Gasteiger partial charge in [0, 0.05) is 18.0 Å². The topological polar surface area (TPSA) is 42.4 Å². The second-order valence-electron chi connectivity index (χ2n) is 3.93. The second-order valence-corrected chi connectivity index (χ2v) is 3.93. The molecule has 0 atom stereocenters. The predicted octanol–water partition coefficient (Wildman–Crippen LogP) is 2.56. The smallest absolute Gasteiger partial charge is 0.119 e. The summed E-state index contributed by atoms with van der Waals surface area (Å²) in [5, 5.41) is 9.39. The molecular weight excluding hydrogens is 214 g/mol. The Morgan fingerprint density at radius 3 is 2.71 bits per heavy atom. The second kappa shape index (κ2) is 4.97. The molecule has 0 saturated carbocycles. The first-order chi connectivity index (χ1) is 8.24. The molecule has 0 bridgehead atoms. The lowest BCUT2D eigenvalue weighted by Crippen LogP contribution is -1.92. The lowest BCUT2D eigenvalue weighted by atomic mass is 10.0. The van der Waals surface area contributed by atoms with Gasteiger partial charge in [0.15, 0.2) is 0 Å². The molecule has 0 aliphatic carbocycles. The van der Waals surface area contributed by atoms with Gasteiger partial charge in [-0.25, -0.2) is 0 Å². The number of aromatic nitrogens is 1. The van der Waals surface area contributed by atoms with Crippen molar-refractivity contribution in [2.24, 2.45) is 0 Å². The van der Waals surface area contributed by atoms with Crippen molar-refractivity contribution in [2.45, 2.75) is 13.5 Å². The number of ether oxygens (including phenoxy) is 1. The van der Waals surface area contributed by atoms with Gasteiger partial charge >= 0.3 is 0 Å². The highest BCUT2D eigenvalue weighted by Crippen LogP contribution is 2.27. The number of aliphatic hydroxyl groups is 1. The maximum atomic E-state index is 9.39. The van der Waals surface area contributed by atoms with E-state index in [9.17, 15) is 5.11 Å². The zero-order valence-corrected chi connectivity index (χ0v) is 9.97. The van der Waals surface area contributed by atoms with Crippen LogP contribution in [0.25, 0.3) is 11.1 Å². The molecule has 0 fully saturated rings. The number of pyridine rings is 1. The van der Waals surface area contributed by atoms with Gasteiger partial charge in [-0.2, -0.15) is 0 Å². The molecule has 0 unspecified atom stereocenters. The van der Waals surface area contributed by atoms with E-state index in [2.05, 4.69) is 4.98 Å². The Hall–Kier alpha value is -1.87. The fraction of sp³-hybridized carbons (Fsp3) is 0.214. The summed E-state index contributed by atoms with van der Waals surface area (Å²) >= 11 is 0. The molecule has 0 radical (unpaired) electrons. The van der Waals surface area contributed by atoms with Crippen molar-refractivity contribution in [1.29, 1.82) is 0 Å². The first-order valence-corrected chi connectivity index (χ1v) is 5.44. The van der Waals surface area contributed by atoms with Crippen molar-refractivity contribution in [3.05, 3.63) is 47.8 Å². The molecule has 2 aromatic rings. The lowest BCUT2D eigenvalue weighted by Gasteiger charge is -2.10. The first kappa shape index (κ1) is 11.6. The Labute approximate surface area is 101 Å². The molecule has 3 nitrogen and oxygen atoms in total. The fourth-order valence-electron chi connectivity index (χ4n) is 1.81. The van der Waals surface area contributed by atoms with Gasteiger partial charge in [-0.1, -0.05) is 6.07 Å². The summed E-state index contributed by atoms with van der Waals surface area (Å²) in [7, 11) is 1.62. The van der Waals surface area contributed by atoms with Crippen LogP contribution in [-0.4, -0.2) is 17.2 Å². The van der Waals surface area contributed by atoms with Gasteiger partial charge in [-0.05, 0) is 41.8 Å². The van der Waals surface area contributed by atoms with Gasteiger partial charge in [-0.15, -0.1) is 0 Å². The number of nitrogens with zero attached hydrogens (tertiary/aromatic N) is 1. The fourth-order valence-corrected chi connectivity index (χ4v) is 1.81. The van der Waals surface area contributed by atoms with Crippen LogP contribution in [-0.2, 0) is 6.61 Å². The molecule has 2 rings (SSSR count). The van der Waals surface area contributed by atoms with Crippen molar-refractivity contribution in [2.75, 3.05) is 7.11 Å². The third kappa shape index (κ3) is 2.45. The summed E-state index contributed by atoms with van der Waals surface area (Å²) in [6.45, 7) is 1.99. The van der Waals surface area contributed by atoms with Gasteiger partial charge in [0.05, 0.1) is 13.7 Å². The van der Waals surface area contributed by atoms with E-state index in [0.29, 0.717) is 0 Å². The summed E-state index contributed by atoms with van der Waals surface area (Å²) in [5.41, 5.74) is 3.94. The number of aliphatic hydroxyl groups excluding tert-OH is 1. The normalized spacial score (nSPS) is 10.3. The number of hydrogen-bond acceptors (Lipinski definition) is 3. The predicted molar refractivity (Wildman–Crippen MR) is 66.9 cm³/mol. The molecule has 0 saturated heterocycles. The maximum Gasteiger partial charge on any atom is 0.119 e. The van der Waals surface area contributed by atoms with Crippen molar-refractivity contribution < 1.29 is 9.84 Å². The van der Waals surface area contributed by atoms with Crippen LogP contribution >= 0.6 is 0 Å². The summed E-state index contributed by atoms with van der Waals surface area (Å²) in [5.74, 6) is 0.749. The molecule has 0 spiro atoms. The zero-order chi connectivity index (χ0) is 12.3. The Balaban J connectivity index is 2.51. The minimum Gasteiger partial charge on any atom is -0.497 e. The van der Waals surface area contributed by atoms with Gasteiger partial charge in [-0.3, -0.25) is 4.98 Å². The Bertz CT molecular complexity index is 523. The lowest BCUT2D eigenvalue weighted by molar-refractivity contribution is 0.281. The molecule has 3 heteroatoms. The molecule has 1 aromatic heterocycles. The standard InChI is InChI=1S/C14H15NO2/c1-10-5-11(8-15-7-10)14-4-3-13(17-2)6-12(14)9-16/h3-8,16H,9H2,1-2H3. The van der Waals surface area contributed by atoms with E-state index in [1.165, 1.54) is 0 Å². The van der Waals surface area contributed by atoms with E-state index in [1.54, 1.807) is 13.3 Å². The van der Waals surface area contributed by atoms with E-state index in [-0.39, 0.29) is 6.61 Å². The third-order valence-electron chi connectivity index (χ3n) is 2.67. The maximum absolute atomic E-state index is 9.39. The van der Waals surface area contributed by atoms with E-state index < -0.39 is 0 Å². The first-order valence-electron chi connectivity index (χ1n) is 5.44. The van der Waals surface area contributed by atoms with Crippen molar-refractivity contribution >= 4 is 0 Å². The van der Waals surface area contributed by atoms with Crippen LogP contribution in [0.4, 0.5) is 0 Å². The van der Waals surface area contributed by atoms with Gasteiger partial charge < -0.3 is 9.84 Å². The number of benzene rings is 1. The minimum atomic E-state index is -0.0134. The van der Waals surface area contributed by atoms with Crippen LogP contribution < -0.4 is 4.74 Å². The summed E-state index contributed by atoms with van der Waals surface area (Å²) < 4.78 is 5.14. The van der Waals surface area contributed by atoms with E-state index in [0.717, 1.165) is 28.0 Å². The summed E-state index contributed by atoms with van der Waals surface area (Å²) in [6, 6.07) is 7.73. The molecule has 0 aliphatic rings. The van der Waals surface area contributed by atoms with E-state index in [1.807, 2.05) is 37.4 Å². The third-order valence-corrected chi connectivity index (χ3v) is 2.67. The molecule has 1 N–H and O–H groups in total. The molecular formula is C14H15NO2. The van der Waals surface area contributed by atoms with Crippen LogP contribution in [0.5, 0.6) is 5.75 Å². The Morgan fingerprint density at radius 1 is 1.24 bits per heavy atom. The molecule has 17 heavy (non-hydrogen) atoms. The molecule has 0 amide bonds. The number of hydrogen-bond donors (Lipinski definition) is 1.